The molecule has 6 nitrogen and oxygen atoms in total. The number of hydrogen-bond acceptors (Lipinski definition) is 5. The molecule has 1 atom stereocenters. The minimum atomic E-state index is -0.592. The zero-order valence-electron chi connectivity index (χ0n) is 20.8. The second-order valence-corrected chi connectivity index (χ2v) is 9.49. The first-order valence-electron chi connectivity index (χ1n) is 12.0. The third kappa shape index (κ3) is 4.47. The van der Waals surface area contributed by atoms with Gasteiger partial charge in [-0.1, -0.05) is 54.5 Å². The van der Waals surface area contributed by atoms with Crippen molar-refractivity contribution in [2.75, 3.05) is 6.61 Å². The molecule has 1 unspecified atom stereocenters. The third-order valence-electron chi connectivity index (χ3n) is 6.53. The molecule has 1 saturated heterocycles. The molecular formula is C29H30N2O4. The minimum Gasteiger partial charge on any atom is -0.354 e. The number of ether oxygens (including phenoxy) is 2. The maximum atomic E-state index is 11.6. The van der Waals surface area contributed by atoms with E-state index in [0.29, 0.717) is 12.3 Å². The molecule has 1 aliphatic heterocycles. The number of aromatic nitrogens is 1. The van der Waals surface area contributed by atoms with Gasteiger partial charge in [-0.05, 0) is 56.0 Å². The minimum absolute atomic E-state index is 0.123. The third-order valence-corrected chi connectivity index (χ3v) is 6.53. The molecule has 0 aliphatic carbocycles. The van der Waals surface area contributed by atoms with Crippen molar-refractivity contribution in [3.05, 3.63) is 82.4 Å². The van der Waals surface area contributed by atoms with Gasteiger partial charge in [-0.2, -0.15) is 0 Å². The highest BCUT2D eigenvalue weighted by Gasteiger charge is 2.33. The number of nitrogens with zero attached hydrogens (tertiary/aromatic N) is 1. The van der Waals surface area contributed by atoms with E-state index in [1.54, 1.807) is 0 Å². The van der Waals surface area contributed by atoms with Gasteiger partial charge in [-0.3, -0.25) is 0 Å². The summed E-state index contributed by atoms with van der Waals surface area (Å²) >= 11 is 0. The van der Waals surface area contributed by atoms with Gasteiger partial charge in [-0.25, -0.2) is 4.79 Å². The maximum absolute atomic E-state index is 11.6. The molecular weight excluding hydrogens is 440 g/mol. The van der Waals surface area contributed by atoms with Crippen LogP contribution in [0.4, 0.5) is 0 Å². The molecule has 6 heteroatoms. The number of carbonyl (C=O) groups excluding carboxylic acids is 1. The first-order chi connectivity index (χ1) is 16.8. The molecule has 5 rings (SSSR count). The highest BCUT2D eigenvalue weighted by Crippen LogP contribution is 2.34. The van der Waals surface area contributed by atoms with Gasteiger partial charge in [0.2, 0.25) is 0 Å². The zero-order valence-corrected chi connectivity index (χ0v) is 20.8. The molecule has 0 amide bonds. The molecule has 0 spiro atoms. The number of hydrogen-bond donors (Lipinski definition) is 1. The summed E-state index contributed by atoms with van der Waals surface area (Å²) < 4.78 is 11.8. The Hall–Kier alpha value is -3.48. The van der Waals surface area contributed by atoms with Crippen LogP contribution in [0.2, 0.25) is 0 Å². The number of rotatable bonds is 5. The Morgan fingerprint density at radius 1 is 1.14 bits per heavy atom. The normalized spacial score (nSPS) is 17.9. The lowest BCUT2D eigenvalue weighted by molar-refractivity contribution is -0.141. The summed E-state index contributed by atoms with van der Waals surface area (Å²) in [5.74, 6) is -1.05. The van der Waals surface area contributed by atoms with E-state index in [1.807, 2.05) is 39.0 Å². The number of para-hydroxylation sites is 1. The highest BCUT2D eigenvalue weighted by atomic mass is 16.7. The summed E-state index contributed by atoms with van der Waals surface area (Å²) in [5, 5.41) is 6.56. The van der Waals surface area contributed by atoms with Gasteiger partial charge in [-0.15, -0.1) is 0 Å². The van der Waals surface area contributed by atoms with Crippen molar-refractivity contribution in [2.24, 2.45) is 5.16 Å². The topological polar surface area (TPSA) is 72.9 Å². The molecule has 1 aliphatic rings. The van der Waals surface area contributed by atoms with Crippen LogP contribution in [0, 0.1) is 6.92 Å². The molecule has 35 heavy (non-hydrogen) atoms. The Morgan fingerprint density at radius 2 is 1.97 bits per heavy atom. The van der Waals surface area contributed by atoms with Crippen LogP contribution in [-0.4, -0.2) is 29.1 Å². The molecule has 0 saturated carbocycles. The largest absolute Gasteiger partial charge is 0.354 e. The van der Waals surface area contributed by atoms with Gasteiger partial charge < -0.3 is 19.3 Å². The summed E-state index contributed by atoms with van der Waals surface area (Å²) in [5.41, 5.74) is 7.92. The lowest BCUT2D eigenvalue weighted by Gasteiger charge is -2.18. The number of fused-ring (bicyclic) bond motifs is 3. The number of H-pyrrole nitrogens is 1. The fraction of sp³-hybridized carbons (Fsp3) is 0.310. The SMILES string of the molecule is CCc1cccc2c1[nH]c1ccc(C(=NOC(C)=O)c3ccc(C4COC(C)(C)O4)cc3C)cc12. The van der Waals surface area contributed by atoms with Gasteiger partial charge in [0.05, 0.1) is 6.61 Å². The second-order valence-electron chi connectivity index (χ2n) is 9.49. The Bertz CT molecular complexity index is 1460. The van der Waals surface area contributed by atoms with Crippen molar-refractivity contribution >= 4 is 33.5 Å². The van der Waals surface area contributed by atoms with Gasteiger partial charge in [0.25, 0.3) is 0 Å². The number of nitrogens with one attached hydrogen (secondary N) is 1. The van der Waals surface area contributed by atoms with E-state index in [4.69, 9.17) is 14.3 Å². The molecule has 0 bridgehead atoms. The van der Waals surface area contributed by atoms with E-state index in [9.17, 15) is 4.79 Å². The summed E-state index contributed by atoms with van der Waals surface area (Å²) in [7, 11) is 0. The summed E-state index contributed by atoms with van der Waals surface area (Å²) in [6.45, 7) is 9.89. The lowest BCUT2D eigenvalue weighted by atomic mass is 9.94. The summed E-state index contributed by atoms with van der Waals surface area (Å²) in [6.07, 6.45) is 0.830. The Kier molecular flexibility index (Phi) is 5.95. The van der Waals surface area contributed by atoms with E-state index < -0.39 is 11.8 Å². The molecule has 1 aromatic heterocycles. The van der Waals surface area contributed by atoms with Crippen molar-refractivity contribution in [3.8, 4) is 0 Å². The molecule has 180 valence electrons. The van der Waals surface area contributed by atoms with Crippen LogP contribution < -0.4 is 0 Å². The lowest BCUT2D eigenvalue weighted by Crippen LogP contribution is -2.19. The van der Waals surface area contributed by atoms with Crippen LogP contribution in [0.25, 0.3) is 21.8 Å². The number of carbonyl (C=O) groups is 1. The maximum Gasteiger partial charge on any atom is 0.332 e. The average molecular weight is 471 g/mol. The number of oxime groups is 1. The zero-order chi connectivity index (χ0) is 24.7. The standard InChI is InChI=1S/C29H30N2O4/c1-6-19-8-7-9-23-24-15-21(11-13-25(24)30-27(19)23)28(31-35-18(3)32)22-12-10-20(14-17(22)2)26-16-33-29(4,5)34-26/h7-15,26,30H,6,16H2,1-5H3. The van der Waals surface area contributed by atoms with Gasteiger partial charge in [0.15, 0.2) is 5.79 Å². The first kappa shape index (κ1) is 23.3. The number of aromatic amines is 1. The van der Waals surface area contributed by atoms with Crippen molar-refractivity contribution in [1.29, 1.82) is 0 Å². The van der Waals surface area contributed by atoms with Crippen molar-refractivity contribution in [3.63, 3.8) is 0 Å². The molecule has 4 aromatic rings. The Labute approximate surface area is 204 Å². The predicted octanol–water partition coefficient (Wildman–Crippen LogP) is 6.33. The van der Waals surface area contributed by atoms with Crippen molar-refractivity contribution < 1.29 is 19.1 Å². The summed E-state index contributed by atoms with van der Waals surface area (Å²) in [4.78, 5) is 20.3. The first-order valence-corrected chi connectivity index (χ1v) is 12.0. The molecule has 2 heterocycles. The Balaban J connectivity index is 1.59. The van der Waals surface area contributed by atoms with Crippen LogP contribution in [0.3, 0.4) is 0 Å². The quantitative estimate of drug-likeness (QED) is 0.210. The van der Waals surface area contributed by atoms with E-state index in [0.717, 1.165) is 45.1 Å². The second kappa shape index (κ2) is 8.95. The van der Waals surface area contributed by atoms with E-state index >= 15 is 0 Å². The number of aryl methyl sites for hydroxylation is 2. The molecule has 0 radical (unpaired) electrons. The van der Waals surface area contributed by atoms with Gasteiger partial charge >= 0.3 is 5.97 Å². The van der Waals surface area contributed by atoms with Gasteiger partial charge in [0.1, 0.15) is 11.8 Å². The van der Waals surface area contributed by atoms with Crippen molar-refractivity contribution in [1.82, 2.24) is 4.98 Å². The molecule has 1 N–H and O–H groups in total. The highest BCUT2D eigenvalue weighted by molar-refractivity contribution is 6.17. The monoisotopic (exact) mass is 470 g/mol. The Morgan fingerprint density at radius 3 is 2.66 bits per heavy atom. The van der Waals surface area contributed by atoms with Crippen LogP contribution >= 0.6 is 0 Å². The van der Waals surface area contributed by atoms with Gasteiger partial charge in [0, 0.05) is 39.9 Å². The van der Waals surface area contributed by atoms with Crippen molar-refractivity contribution in [2.45, 2.75) is 52.9 Å². The summed E-state index contributed by atoms with van der Waals surface area (Å²) in [6, 6.07) is 18.7. The van der Waals surface area contributed by atoms with Crippen LogP contribution in [0.1, 0.15) is 61.6 Å². The predicted molar refractivity (Wildman–Crippen MR) is 138 cm³/mol. The van der Waals surface area contributed by atoms with E-state index in [1.165, 1.54) is 17.9 Å². The average Bonchev–Trinajstić information content (AvgIpc) is 3.39. The molecule has 3 aromatic carbocycles. The van der Waals surface area contributed by atoms with Crippen LogP contribution in [-0.2, 0) is 25.5 Å². The van der Waals surface area contributed by atoms with E-state index in [2.05, 4.69) is 53.5 Å². The number of benzene rings is 3. The fourth-order valence-electron chi connectivity index (χ4n) is 4.80. The fourth-order valence-corrected chi connectivity index (χ4v) is 4.80. The smallest absolute Gasteiger partial charge is 0.332 e. The van der Waals surface area contributed by atoms with E-state index in [-0.39, 0.29) is 6.10 Å². The molecule has 1 fully saturated rings. The van der Waals surface area contributed by atoms with Crippen LogP contribution in [0.5, 0.6) is 0 Å². The van der Waals surface area contributed by atoms with Crippen LogP contribution in [0.15, 0.2) is 59.8 Å².